The predicted molar refractivity (Wildman–Crippen MR) is 134 cm³/mol. The van der Waals surface area contributed by atoms with Crippen LogP contribution < -0.4 is 0 Å². The number of fused-ring (bicyclic) bond motifs is 7. The number of aliphatic carboxylic acids is 1. The van der Waals surface area contributed by atoms with Crippen LogP contribution in [0.5, 0.6) is 0 Å². The molecule has 4 saturated carbocycles. The Balaban J connectivity index is 1.66. The summed E-state index contributed by atoms with van der Waals surface area (Å²) in [6, 6.07) is 0. The van der Waals surface area contributed by atoms with Crippen molar-refractivity contribution in [2.24, 2.45) is 56.7 Å². The SMILES string of the molecule is C[C@H]1[C@H](C)CC[C@]2(CO)CC[C@]3(C(=O)O)C(=CC[C@@H]4[C@@]5(C)CC[C@H](O)C(C)(C)[C@@H]5CC[C@]43C)[C@H]12. The van der Waals surface area contributed by atoms with Crippen LogP contribution in [0.3, 0.4) is 0 Å². The lowest BCUT2D eigenvalue weighted by atomic mass is 9.33. The van der Waals surface area contributed by atoms with Crippen LogP contribution in [0.4, 0.5) is 0 Å². The normalized spacial score (nSPS) is 54.1. The first kappa shape index (κ1) is 24.8. The molecule has 0 aromatic rings. The van der Waals surface area contributed by atoms with Gasteiger partial charge in [0.25, 0.3) is 0 Å². The molecule has 10 atom stereocenters. The second-order valence-corrected chi connectivity index (χ2v) is 14.4. The molecule has 5 rings (SSSR count). The van der Waals surface area contributed by atoms with Crippen molar-refractivity contribution in [1.82, 2.24) is 0 Å². The lowest BCUT2D eigenvalue weighted by Gasteiger charge is -2.70. The fraction of sp³-hybridized carbons (Fsp3) is 0.900. The Morgan fingerprint density at radius 2 is 1.68 bits per heavy atom. The van der Waals surface area contributed by atoms with Gasteiger partial charge in [-0.1, -0.05) is 53.2 Å². The molecule has 0 aromatic carbocycles. The molecule has 4 heteroatoms. The maximum atomic E-state index is 13.5. The number of hydrogen-bond donors (Lipinski definition) is 3. The third-order valence-corrected chi connectivity index (χ3v) is 13.3. The zero-order valence-electron chi connectivity index (χ0n) is 22.4. The number of allylic oxidation sites excluding steroid dienone is 1. The zero-order valence-corrected chi connectivity index (χ0v) is 22.4. The van der Waals surface area contributed by atoms with Gasteiger partial charge < -0.3 is 15.3 Å². The van der Waals surface area contributed by atoms with E-state index in [1.807, 2.05) is 0 Å². The van der Waals surface area contributed by atoms with Gasteiger partial charge in [0.2, 0.25) is 0 Å². The Hall–Kier alpha value is -0.870. The Kier molecular flexibility index (Phi) is 5.52. The fourth-order valence-electron chi connectivity index (χ4n) is 11.0. The van der Waals surface area contributed by atoms with Crippen LogP contribution in [0.1, 0.15) is 99.3 Å². The number of carboxylic acid groups (broad SMARTS) is 1. The van der Waals surface area contributed by atoms with Gasteiger partial charge in [-0.3, -0.25) is 4.79 Å². The third-order valence-electron chi connectivity index (χ3n) is 13.3. The van der Waals surface area contributed by atoms with E-state index >= 15 is 0 Å². The van der Waals surface area contributed by atoms with Crippen molar-refractivity contribution >= 4 is 5.97 Å². The molecule has 34 heavy (non-hydrogen) atoms. The van der Waals surface area contributed by atoms with Crippen LogP contribution >= 0.6 is 0 Å². The van der Waals surface area contributed by atoms with Crippen molar-refractivity contribution in [3.8, 4) is 0 Å². The average molecular weight is 473 g/mol. The first-order valence-corrected chi connectivity index (χ1v) is 14.0. The second kappa shape index (κ2) is 7.57. The van der Waals surface area contributed by atoms with Gasteiger partial charge in [-0.25, -0.2) is 0 Å². The van der Waals surface area contributed by atoms with Gasteiger partial charge in [-0.15, -0.1) is 0 Å². The molecule has 0 spiro atoms. The molecule has 5 aliphatic carbocycles. The van der Waals surface area contributed by atoms with E-state index < -0.39 is 11.4 Å². The van der Waals surface area contributed by atoms with Crippen molar-refractivity contribution in [3.05, 3.63) is 11.6 Å². The van der Waals surface area contributed by atoms with E-state index in [0.717, 1.165) is 51.4 Å². The van der Waals surface area contributed by atoms with E-state index in [9.17, 15) is 20.1 Å². The summed E-state index contributed by atoms with van der Waals surface area (Å²) in [6.45, 7) is 14.0. The molecular weight excluding hydrogens is 424 g/mol. The molecule has 5 aliphatic rings. The van der Waals surface area contributed by atoms with Crippen molar-refractivity contribution in [2.75, 3.05) is 6.61 Å². The largest absolute Gasteiger partial charge is 0.481 e. The minimum absolute atomic E-state index is 0.0389. The minimum Gasteiger partial charge on any atom is -0.481 e. The molecule has 4 fully saturated rings. The van der Waals surface area contributed by atoms with Gasteiger partial charge in [-0.05, 0) is 104 Å². The summed E-state index contributed by atoms with van der Waals surface area (Å²) in [7, 11) is 0. The lowest BCUT2D eigenvalue weighted by Crippen LogP contribution is -2.67. The molecule has 0 unspecified atom stereocenters. The van der Waals surface area contributed by atoms with E-state index in [1.54, 1.807) is 0 Å². The van der Waals surface area contributed by atoms with E-state index in [-0.39, 0.29) is 40.3 Å². The van der Waals surface area contributed by atoms with Gasteiger partial charge in [-0.2, -0.15) is 0 Å². The number of carboxylic acids is 1. The molecule has 4 nitrogen and oxygen atoms in total. The zero-order chi connectivity index (χ0) is 24.9. The van der Waals surface area contributed by atoms with Gasteiger partial charge in [0.1, 0.15) is 0 Å². The maximum absolute atomic E-state index is 13.5. The minimum atomic E-state index is -0.835. The topological polar surface area (TPSA) is 77.8 Å². The molecule has 0 saturated heterocycles. The van der Waals surface area contributed by atoms with Crippen LogP contribution in [-0.2, 0) is 4.79 Å². The van der Waals surface area contributed by atoms with Crippen molar-refractivity contribution in [3.63, 3.8) is 0 Å². The lowest BCUT2D eigenvalue weighted by molar-refractivity contribution is -0.216. The Bertz CT molecular complexity index is 892. The molecule has 0 bridgehead atoms. The molecule has 0 aliphatic heterocycles. The summed E-state index contributed by atoms with van der Waals surface area (Å²) in [5.41, 5.74) is -0.210. The maximum Gasteiger partial charge on any atom is 0.314 e. The van der Waals surface area contributed by atoms with E-state index in [1.165, 1.54) is 5.57 Å². The Morgan fingerprint density at radius 1 is 0.971 bits per heavy atom. The van der Waals surface area contributed by atoms with Gasteiger partial charge >= 0.3 is 5.97 Å². The first-order chi connectivity index (χ1) is 15.8. The summed E-state index contributed by atoms with van der Waals surface area (Å²) >= 11 is 0. The van der Waals surface area contributed by atoms with Crippen LogP contribution in [0.2, 0.25) is 0 Å². The highest BCUT2D eigenvalue weighted by Gasteiger charge is 2.72. The number of aliphatic hydroxyl groups excluding tert-OH is 2. The molecule has 0 aromatic heterocycles. The summed E-state index contributed by atoms with van der Waals surface area (Å²) in [5, 5.41) is 32.7. The van der Waals surface area contributed by atoms with Crippen LogP contribution in [0, 0.1) is 56.7 Å². The van der Waals surface area contributed by atoms with Gasteiger partial charge in [0.15, 0.2) is 0 Å². The highest BCUT2D eigenvalue weighted by Crippen LogP contribution is 2.75. The molecule has 0 radical (unpaired) electrons. The molecule has 0 amide bonds. The number of hydrogen-bond acceptors (Lipinski definition) is 3. The molecule has 192 valence electrons. The molecule has 0 heterocycles. The van der Waals surface area contributed by atoms with Gasteiger partial charge in [0, 0.05) is 12.0 Å². The number of carbonyl (C=O) groups is 1. The second-order valence-electron chi connectivity index (χ2n) is 14.4. The average Bonchev–Trinajstić information content (AvgIpc) is 2.78. The standard InChI is InChI=1S/C30H48O4/c1-18-9-14-29(17-31)15-16-30(25(33)34)20(24(29)19(18)2)7-8-22-27(5)12-11-23(32)26(3,4)21(27)10-13-28(22,30)6/h7,18-19,21-24,31-32H,8-17H2,1-6H3,(H,33,34)/t18-,19+,21+,22-,23+,24+,27+,28-,29-,30-/m1/s1. The summed E-state index contributed by atoms with van der Waals surface area (Å²) in [6.07, 6.45) is 10.4. The molecule has 3 N–H and O–H groups in total. The van der Waals surface area contributed by atoms with E-state index in [4.69, 9.17) is 0 Å². The number of rotatable bonds is 2. The predicted octanol–water partition coefficient (Wildman–Crippen LogP) is 6.06. The monoisotopic (exact) mass is 472 g/mol. The van der Waals surface area contributed by atoms with Gasteiger partial charge in [0.05, 0.1) is 11.5 Å². The van der Waals surface area contributed by atoms with E-state index in [0.29, 0.717) is 30.1 Å². The van der Waals surface area contributed by atoms with Crippen LogP contribution in [0.25, 0.3) is 0 Å². The van der Waals surface area contributed by atoms with Crippen LogP contribution in [-0.4, -0.2) is 34.0 Å². The first-order valence-electron chi connectivity index (χ1n) is 14.0. The van der Waals surface area contributed by atoms with Crippen molar-refractivity contribution < 1.29 is 20.1 Å². The highest BCUT2D eigenvalue weighted by molar-refractivity contribution is 5.81. The summed E-state index contributed by atoms with van der Waals surface area (Å²) in [5.74, 6) is 1.20. The Labute approximate surface area is 206 Å². The summed E-state index contributed by atoms with van der Waals surface area (Å²) < 4.78 is 0. The molecular formula is C30H48O4. The number of aliphatic hydroxyl groups is 2. The van der Waals surface area contributed by atoms with Crippen molar-refractivity contribution in [2.45, 2.75) is 105 Å². The van der Waals surface area contributed by atoms with E-state index in [2.05, 4.69) is 47.6 Å². The smallest absolute Gasteiger partial charge is 0.314 e. The van der Waals surface area contributed by atoms with Crippen molar-refractivity contribution in [1.29, 1.82) is 0 Å². The Morgan fingerprint density at radius 3 is 2.32 bits per heavy atom. The quantitative estimate of drug-likeness (QED) is 0.427. The summed E-state index contributed by atoms with van der Waals surface area (Å²) in [4.78, 5) is 13.5. The highest BCUT2D eigenvalue weighted by atomic mass is 16.4. The third kappa shape index (κ3) is 2.76. The fourth-order valence-corrected chi connectivity index (χ4v) is 11.0. The van der Waals surface area contributed by atoms with Crippen LogP contribution in [0.15, 0.2) is 11.6 Å².